The smallest absolute Gasteiger partial charge is 0.404 e. The molecule has 2 aromatic heterocycles. The Balaban J connectivity index is 1.99. The van der Waals surface area contributed by atoms with Gasteiger partial charge in [-0.15, -0.1) is 13.2 Å². The summed E-state index contributed by atoms with van der Waals surface area (Å²) in [6.45, 7) is 3.72. The van der Waals surface area contributed by atoms with Gasteiger partial charge in [0.05, 0.1) is 29.7 Å². The Labute approximate surface area is 177 Å². The molecule has 0 aliphatic carbocycles. The molecule has 164 valence electrons. The number of nitrogens with zero attached hydrogens (tertiary/aromatic N) is 3. The minimum Gasteiger partial charge on any atom is -0.404 e. The highest BCUT2D eigenvalue weighted by molar-refractivity contribution is 5.68. The zero-order valence-corrected chi connectivity index (χ0v) is 16.9. The van der Waals surface area contributed by atoms with Gasteiger partial charge in [-0.05, 0) is 30.2 Å². The number of halogens is 3. The molecule has 1 atom stereocenters. The number of hydrogen-bond donors (Lipinski definition) is 3. The monoisotopic (exact) mass is 433 g/mol. The van der Waals surface area contributed by atoms with Crippen LogP contribution in [0.5, 0.6) is 5.75 Å². The second-order valence-electron chi connectivity index (χ2n) is 7.02. The predicted octanol–water partition coefficient (Wildman–Crippen LogP) is 4.61. The van der Waals surface area contributed by atoms with Crippen LogP contribution in [-0.2, 0) is 0 Å². The normalized spacial score (nSPS) is 12.5. The molecule has 10 heteroatoms. The lowest BCUT2D eigenvalue weighted by Gasteiger charge is -2.21. The first-order valence-corrected chi connectivity index (χ1v) is 9.55. The number of anilines is 3. The van der Waals surface area contributed by atoms with Crippen LogP contribution in [0, 0.1) is 5.92 Å². The van der Waals surface area contributed by atoms with Crippen molar-refractivity contribution >= 4 is 17.5 Å². The summed E-state index contributed by atoms with van der Waals surface area (Å²) in [5.41, 5.74) is 1.09. The Bertz CT molecular complexity index is 1000. The van der Waals surface area contributed by atoms with E-state index in [4.69, 9.17) is 0 Å². The standard InChI is InChI=1S/C21H22F3N5O2/c1-13(2)17(12-30)28-20-27-16(14-7-5-6-10-25-14)11-19(29-20)26-15-8-3-4-9-18(15)31-21(22,23)24/h3-11,13,17,30H,12H2,1-2H3,(H2,26,27,28,29)/t17-/m1/s1. The highest BCUT2D eigenvalue weighted by Crippen LogP contribution is 2.32. The number of rotatable bonds is 8. The Morgan fingerprint density at radius 1 is 1.03 bits per heavy atom. The summed E-state index contributed by atoms with van der Waals surface area (Å²) < 4.78 is 42.3. The maximum atomic E-state index is 12.8. The Morgan fingerprint density at radius 3 is 2.42 bits per heavy atom. The lowest BCUT2D eigenvalue weighted by atomic mass is 10.1. The highest BCUT2D eigenvalue weighted by Gasteiger charge is 2.32. The lowest BCUT2D eigenvalue weighted by molar-refractivity contribution is -0.274. The van der Waals surface area contributed by atoms with Gasteiger partial charge in [0.25, 0.3) is 0 Å². The number of alkyl halides is 3. The molecule has 0 unspecified atom stereocenters. The number of aliphatic hydroxyl groups is 1. The zero-order chi connectivity index (χ0) is 22.4. The van der Waals surface area contributed by atoms with E-state index < -0.39 is 12.1 Å². The average molecular weight is 433 g/mol. The van der Waals surface area contributed by atoms with Gasteiger partial charge in [0.1, 0.15) is 5.82 Å². The molecule has 3 aromatic rings. The molecule has 3 N–H and O–H groups in total. The molecule has 0 amide bonds. The Kier molecular flexibility index (Phi) is 6.91. The van der Waals surface area contributed by atoms with Crippen molar-refractivity contribution in [3.8, 4) is 17.1 Å². The van der Waals surface area contributed by atoms with Crippen molar-refractivity contribution in [3.63, 3.8) is 0 Å². The molecule has 7 nitrogen and oxygen atoms in total. The van der Waals surface area contributed by atoms with E-state index in [0.29, 0.717) is 11.4 Å². The van der Waals surface area contributed by atoms with E-state index in [1.54, 1.807) is 36.5 Å². The van der Waals surface area contributed by atoms with Crippen LogP contribution in [0.15, 0.2) is 54.7 Å². The lowest BCUT2D eigenvalue weighted by Crippen LogP contribution is -2.30. The number of ether oxygens (including phenoxy) is 1. The highest BCUT2D eigenvalue weighted by atomic mass is 19.4. The summed E-state index contributed by atoms with van der Waals surface area (Å²) in [5, 5.41) is 15.5. The van der Waals surface area contributed by atoms with Crippen molar-refractivity contribution in [1.29, 1.82) is 0 Å². The molecule has 0 saturated heterocycles. The molecule has 0 spiro atoms. The number of para-hydroxylation sites is 2. The van der Waals surface area contributed by atoms with Crippen LogP contribution in [0.25, 0.3) is 11.4 Å². The van der Waals surface area contributed by atoms with Crippen molar-refractivity contribution in [1.82, 2.24) is 15.0 Å². The van der Waals surface area contributed by atoms with E-state index in [1.165, 1.54) is 18.2 Å². The van der Waals surface area contributed by atoms with Crippen molar-refractivity contribution in [2.24, 2.45) is 5.92 Å². The third-order valence-corrected chi connectivity index (χ3v) is 4.34. The van der Waals surface area contributed by atoms with Crippen molar-refractivity contribution in [3.05, 3.63) is 54.7 Å². The molecule has 31 heavy (non-hydrogen) atoms. The van der Waals surface area contributed by atoms with Gasteiger partial charge in [-0.3, -0.25) is 4.98 Å². The zero-order valence-electron chi connectivity index (χ0n) is 16.9. The summed E-state index contributed by atoms with van der Waals surface area (Å²) >= 11 is 0. The van der Waals surface area contributed by atoms with Gasteiger partial charge in [-0.2, -0.15) is 4.98 Å². The van der Waals surface area contributed by atoms with Crippen LogP contribution in [0.4, 0.5) is 30.6 Å². The Hall–Kier alpha value is -3.40. The summed E-state index contributed by atoms with van der Waals surface area (Å²) in [6, 6.07) is 12.2. The topological polar surface area (TPSA) is 92.2 Å². The van der Waals surface area contributed by atoms with Crippen LogP contribution in [0.3, 0.4) is 0 Å². The largest absolute Gasteiger partial charge is 0.573 e. The molecule has 1 aromatic carbocycles. The van der Waals surface area contributed by atoms with Gasteiger partial charge in [0, 0.05) is 12.3 Å². The fourth-order valence-corrected chi connectivity index (χ4v) is 2.73. The first kappa shape index (κ1) is 22.3. The van der Waals surface area contributed by atoms with E-state index in [0.717, 1.165) is 0 Å². The molecule has 0 aliphatic rings. The van der Waals surface area contributed by atoms with E-state index in [1.807, 2.05) is 13.8 Å². The van der Waals surface area contributed by atoms with E-state index in [-0.39, 0.29) is 36.0 Å². The summed E-state index contributed by atoms with van der Waals surface area (Å²) in [4.78, 5) is 13.1. The molecule has 0 bridgehead atoms. The van der Waals surface area contributed by atoms with Crippen molar-refractivity contribution < 1.29 is 23.0 Å². The van der Waals surface area contributed by atoms with Crippen LogP contribution in [0.1, 0.15) is 13.8 Å². The van der Waals surface area contributed by atoms with Crippen LogP contribution in [0.2, 0.25) is 0 Å². The van der Waals surface area contributed by atoms with Crippen LogP contribution in [-0.4, -0.2) is 39.1 Å². The van der Waals surface area contributed by atoms with Gasteiger partial charge in [0.2, 0.25) is 5.95 Å². The molecule has 0 saturated carbocycles. The molecular weight excluding hydrogens is 411 g/mol. The molecular formula is C21H22F3N5O2. The fourth-order valence-electron chi connectivity index (χ4n) is 2.73. The van der Waals surface area contributed by atoms with Crippen LogP contribution < -0.4 is 15.4 Å². The molecule has 0 aliphatic heterocycles. The second-order valence-corrected chi connectivity index (χ2v) is 7.02. The molecule has 0 fully saturated rings. The molecule has 0 radical (unpaired) electrons. The summed E-state index contributed by atoms with van der Waals surface area (Å²) in [7, 11) is 0. The van der Waals surface area contributed by atoms with Crippen molar-refractivity contribution in [2.45, 2.75) is 26.3 Å². The van der Waals surface area contributed by atoms with Gasteiger partial charge in [-0.25, -0.2) is 4.98 Å². The SMILES string of the molecule is CC(C)[C@@H](CO)Nc1nc(Nc2ccccc2OC(F)(F)F)cc(-c2ccccn2)n1. The van der Waals surface area contributed by atoms with Crippen LogP contribution >= 0.6 is 0 Å². The van der Waals surface area contributed by atoms with E-state index >= 15 is 0 Å². The molecule has 3 rings (SSSR count). The van der Waals surface area contributed by atoms with Gasteiger partial charge < -0.3 is 20.5 Å². The number of pyridine rings is 1. The minimum absolute atomic E-state index is 0.0824. The van der Waals surface area contributed by atoms with Gasteiger partial charge in [-0.1, -0.05) is 32.0 Å². The van der Waals surface area contributed by atoms with E-state index in [9.17, 15) is 18.3 Å². The number of hydrogen-bond acceptors (Lipinski definition) is 7. The quantitative estimate of drug-likeness (QED) is 0.478. The maximum absolute atomic E-state index is 12.8. The average Bonchev–Trinajstić information content (AvgIpc) is 2.73. The minimum atomic E-state index is -4.83. The van der Waals surface area contributed by atoms with E-state index in [2.05, 4.69) is 30.3 Å². The number of aliphatic hydroxyl groups excluding tert-OH is 1. The molecule has 2 heterocycles. The summed E-state index contributed by atoms with van der Waals surface area (Å²) in [5.74, 6) is 0.131. The maximum Gasteiger partial charge on any atom is 0.573 e. The Morgan fingerprint density at radius 2 is 1.77 bits per heavy atom. The summed E-state index contributed by atoms with van der Waals surface area (Å²) in [6.07, 6.45) is -3.23. The number of aromatic nitrogens is 3. The van der Waals surface area contributed by atoms with Gasteiger partial charge >= 0.3 is 6.36 Å². The van der Waals surface area contributed by atoms with Gasteiger partial charge in [0.15, 0.2) is 5.75 Å². The number of benzene rings is 1. The number of nitrogens with one attached hydrogen (secondary N) is 2. The van der Waals surface area contributed by atoms with Crippen molar-refractivity contribution in [2.75, 3.05) is 17.2 Å². The first-order valence-electron chi connectivity index (χ1n) is 9.55. The fraction of sp³-hybridized carbons (Fsp3) is 0.286. The third kappa shape index (κ3) is 6.29. The predicted molar refractivity (Wildman–Crippen MR) is 111 cm³/mol. The second kappa shape index (κ2) is 9.61. The first-order chi connectivity index (χ1) is 14.7. The third-order valence-electron chi connectivity index (χ3n) is 4.34.